The van der Waals surface area contributed by atoms with E-state index >= 15 is 0 Å². The first-order chi connectivity index (χ1) is 15.0. The van der Waals surface area contributed by atoms with Gasteiger partial charge in [0.15, 0.2) is 0 Å². The number of esters is 1. The molecule has 0 fully saturated rings. The molecular weight excluding hydrogens is 414 g/mol. The van der Waals surface area contributed by atoms with Crippen LogP contribution in [0.2, 0.25) is 0 Å². The van der Waals surface area contributed by atoms with Crippen LogP contribution in [0.15, 0.2) is 27.4 Å². The number of aromatic nitrogens is 1. The maximum atomic E-state index is 12.8. The van der Waals surface area contributed by atoms with Gasteiger partial charge in [-0.25, -0.2) is 4.79 Å². The van der Waals surface area contributed by atoms with Gasteiger partial charge in [0.25, 0.3) is 11.5 Å². The molecule has 9 heteroatoms. The third kappa shape index (κ3) is 4.14. The number of rotatable bonds is 6. The van der Waals surface area contributed by atoms with Crippen molar-refractivity contribution in [2.24, 2.45) is 5.73 Å². The zero-order chi connectivity index (χ0) is 23.7. The van der Waals surface area contributed by atoms with E-state index in [1.165, 1.54) is 17.6 Å². The highest BCUT2D eigenvalue weighted by Gasteiger charge is 2.29. The van der Waals surface area contributed by atoms with Crippen molar-refractivity contribution in [2.45, 2.75) is 41.2 Å². The van der Waals surface area contributed by atoms with Crippen molar-refractivity contribution in [3.63, 3.8) is 0 Å². The van der Waals surface area contributed by atoms with Gasteiger partial charge < -0.3 is 14.9 Å². The standard InChI is InChI=1S/C23H25N3O6/c1-6-31-23(30)18-14(5)32-22(19(18)21(24)29)25-16(27)10-26-17(28)9-12(3)15-8-11(2)7-13(4)20(15)26/h7-9H,6,10H2,1-5H3,(H2,24,29)(H,25,27). The number of carbonyl (C=O) groups is 3. The number of hydrogen-bond donors (Lipinski definition) is 2. The van der Waals surface area contributed by atoms with Gasteiger partial charge in [-0.05, 0) is 51.8 Å². The number of carbonyl (C=O) groups excluding carboxylic acids is 3. The highest BCUT2D eigenvalue weighted by Crippen LogP contribution is 2.28. The van der Waals surface area contributed by atoms with Crippen LogP contribution in [-0.2, 0) is 16.1 Å². The SMILES string of the molecule is CCOC(=O)c1c(C)oc(NC(=O)Cn2c(=O)cc(C)c3cc(C)cc(C)c32)c1C(N)=O. The van der Waals surface area contributed by atoms with Gasteiger partial charge in [-0.1, -0.05) is 11.6 Å². The van der Waals surface area contributed by atoms with Gasteiger partial charge in [0.05, 0.1) is 12.1 Å². The minimum absolute atomic E-state index is 0.0804. The summed E-state index contributed by atoms with van der Waals surface area (Å²) >= 11 is 0. The Labute approximate surface area is 184 Å². The number of pyridine rings is 1. The van der Waals surface area contributed by atoms with Crippen LogP contribution in [0.25, 0.3) is 10.9 Å². The molecule has 32 heavy (non-hydrogen) atoms. The fraction of sp³-hybridized carbons (Fsp3) is 0.304. The van der Waals surface area contributed by atoms with E-state index < -0.39 is 17.8 Å². The number of ether oxygens (including phenoxy) is 1. The third-order valence-corrected chi connectivity index (χ3v) is 5.11. The lowest BCUT2D eigenvalue weighted by atomic mass is 10.0. The molecule has 9 nitrogen and oxygen atoms in total. The number of furan rings is 1. The molecule has 0 radical (unpaired) electrons. The first kappa shape index (κ1) is 22.8. The second-order valence-electron chi connectivity index (χ2n) is 7.60. The zero-order valence-corrected chi connectivity index (χ0v) is 18.6. The lowest BCUT2D eigenvalue weighted by Crippen LogP contribution is -2.29. The van der Waals surface area contributed by atoms with E-state index in [4.69, 9.17) is 14.9 Å². The molecule has 0 aliphatic heterocycles. The molecule has 0 aliphatic carbocycles. The molecule has 3 N–H and O–H groups in total. The summed E-state index contributed by atoms with van der Waals surface area (Å²) in [6.45, 7) is 8.51. The van der Waals surface area contributed by atoms with Crippen LogP contribution < -0.4 is 16.6 Å². The van der Waals surface area contributed by atoms with Gasteiger partial charge in [-0.2, -0.15) is 0 Å². The maximum absolute atomic E-state index is 12.8. The number of nitrogens with zero attached hydrogens (tertiary/aromatic N) is 1. The first-order valence-electron chi connectivity index (χ1n) is 10.1. The average molecular weight is 439 g/mol. The topological polar surface area (TPSA) is 134 Å². The van der Waals surface area contributed by atoms with Crippen LogP contribution in [0, 0.1) is 27.7 Å². The Bertz CT molecular complexity index is 1320. The van der Waals surface area contributed by atoms with Gasteiger partial charge in [-0.15, -0.1) is 0 Å². The van der Waals surface area contributed by atoms with E-state index in [-0.39, 0.29) is 41.5 Å². The van der Waals surface area contributed by atoms with Crippen molar-refractivity contribution in [3.8, 4) is 0 Å². The molecule has 0 unspecified atom stereocenters. The molecule has 0 saturated heterocycles. The van der Waals surface area contributed by atoms with E-state index in [1.807, 2.05) is 32.9 Å². The average Bonchev–Trinajstić information content (AvgIpc) is 3.01. The summed E-state index contributed by atoms with van der Waals surface area (Å²) in [6, 6.07) is 5.36. The zero-order valence-electron chi connectivity index (χ0n) is 18.6. The molecule has 168 valence electrons. The number of amides is 2. The number of nitrogens with two attached hydrogens (primary N) is 1. The van der Waals surface area contributed by atoms with Crippen LogP contribution in [0.5, 0.6) is 0 Å². The summed E-state index contributed by atoms with van der Waals surface area (Å²) in [6.07, 6.45) is 0. The molecular formula is C23H25N3O6. The largest absolute Gasteiger partial charge is 0.462 e. The number of aryl methyl sites for hydroxylation is 4. The van der Waals surface area contributed by atoms with E-state index in [1.54, 1.807) is 6.92 Å². The minimum atomic E-state index is -0.954. The second kappa shape index (κ2) is 8.70. The summed E-state index contributed by atoms with van der Waals surface area (Å²) < 4.78 is 11.7. The highest BCUT2D eigenvalue weighted by molar-refractivity contribution is 6.10. The first-order valence-corrected chi connectivity index (χ1v) is 10.1. The normalized spacial score (nSPS) is 10.9. The monoisotopic (exact) mass is 439 g/mol. The smallest absolute Gasteiger partial charge is 0.342 e. The molecule has 0 spiro atoms. The Kier molecular flexibility index (Phi) is 6.20. The van der Waals surface area contributed by atoms with Crippen molar-refractivity contribution in [2.75, 3.05) is 11.9 Å². The fourth-order valence-electron chi connectivity index (χ4n) is 3.85. The Hall–Kier alpha value is -3.88. The predicted octanol–water partition coefficient (Wildman–Crippen LogP) is 2.74. The minimum Gasteiger partial charge on any atom is -0.462 e. The van der Waals surface area contributed by atoms with Crippen LogP contribution in [0.3, 0.4) is 0 Å². The molecule has 0 atom stereocenters. The maximum Gasteiger partial charge on any atom is 0.342 e. The van der Waals surface area contributed by atoms with Gasteiger partial charge in [0.2, 0.25) is 11.8 Å². The van der Waals surface area contributed by atoms with Crippen LogP contribution in [-0.4, -0.2) is 29.0 Å². The quantitative estimate of drug-likeness (QED) is 0.567. The van der Waals surface area contributed by atoms with E-state index in [0.29, 0.717) is 5.52 Å². The summed E-state index contributed by atoms with van der Waals surface area (Å²) in [4.78, 5) is 49.7. The lowest BCUT2D eigenvalue weighted by Gasteiger charge is -2.15. The van der Waals surface area contributed by atoms with E-state index in [0.717, 1.165) is 22.1 Å². The fourth-order valence-corrected chi connectivity index (χ4v) is 3.85. The third-order valence-electron chi connectivity index (χ3n) is 5.11. The Balaban J connectivity index is 2.01. The predicted molar refractivity (Wildman–Crippen MR) is 119 cm³/mol. The van der Waals surface area contributed by atoms with Gasteiger partial charge >= 0.3 is 5.97 Å². The Morgan fingerprint density at radius 1 is 1.06 bits per heavy atom. The molecule has 0 bridgehead atoms. The molecule has 2 aromatic heterocycles. The number of nitrogens with one attached hydrogen (secondary N) is 1. The molecule has 2 heterocycles. The molecule has 3 aromatic rings. The number of hydrogen-bond acceptors (Lipinski definition) is 6. The second-order valence-corrected chi connectivity index (χ2v) is 7.60. The van der Waals surface area contributed by atoms with Crippen molar-refractivity contribution in [1.29, 1.82) is 0 Å². The molecule has 0 saturated carbocycles. The van der Waals surface area contributed by atoms with Crippen LogP contribution >= 0.6 is 0 Å². The summed E-state index contributed by atoms with van der Waals surface area (Å²) in [7, 11) is 0. The number of primary amides is 1. The summed E-state index contributed by atoms with van der Waals surface area (Å²) in [5.41, 5.74) is 8.02. The Morgan fingerprint density at radius 3 is 2.38 bits per heavy atom. The van der Waals surface area contributed by atoms with E-state index in [9.17, 15) is 19.2 Å². The van der Waals surface area contributed by atoms with Crippen molar-refractivity contribution in [1.82, 2.24) is 4.57 Å². The molecule has 1 aromatic carbocycles. The molecule has 3 rings (SSSR count). The number of anilines is 1. The van der Waals surface area contributed by atoms with Crippen LogP contribution in [0.4, 0.5) is 5.88 Å². The van der Waals surface area contributed by atoms with Gasteiger partial charge in [0.1, 0.15) is 23.4 Å². The van der Waals surface area contributed by atoms with Gasteiger partial charge in [0, 0.05) is 11.5 Å². The lowest BCUT2D eigenvalue weighted by molar-refractivity contribution is -0.116. The molecule has 2 amide bonds. The Morgan fingerprint density at radius 2 is 1.75 bits per heavy atom. The van der Waals surface area contributed by atoms with Crippen molar-refractivity contribution >= 4 is 34.6 Å². The summed E-state index contributed by atoms with van der Waals surface area (Å²) in [5, 5.41) is 3.33. The van der Waals surface area contributed by atoms with Crippen molar-refractivity contribution < 1.29 is 23.5 Å². The van der Waals surface area contributed by atoms with E-state index in [2.05, 4.69) is 5.32 Å². The number of fused-ring (bicyclic) bond motifs is 1. The molecule has 0 aliphatic rings. The summed E-state index contributed by atoms with van der Waals surface area (Å²) in [5.74, 6) is -2.54. The van der Waals surface area contributed by atoms with Gasteiger partial charge in [-0.3, -0.25) is 24.3 Å². The van der Waals surface area contributed by atoms with Crippen molar-refractivity contribution in [3.05, 3.63) is 62.1 Å². The van der Waals surface area contributed by atoms with Crippen LogP contribution in [0.1, 0.15) is 50.1 Å². The highest BCUT2D eigenvalue weighted by atomic mass is 16.5. The number of benzene rings is 1.